The van der Waals surface area contributed by atoms with Gasteiger partial charge >= 0.3 is 0 Å². The second-order valence-corrected chi connectivity index (χ2v) is 11.3. The molecule has 1 aliphatic heterocycles. The van der Waals surface area contributed by atoms with Gasteiger partial charge in [-0.3, -0.25) is 9.20 Å². The van der Waals surface area contributed by atoms with Gasteiger partial charge in [-0.2, -0.15) is 0 Å². The van der Waals surface area contributed by atoms with Gasteiger partial charge in [-0.05, 0) is 49.0 Å². The Morgan fingerprint density at radius 2 is 2.07 bits per heavy atom. The van der Waals surface area contributed by atoms with Crippen LogP contribution in [0.15, 0.2) is 11.5 Å². The van der Waals surface area contributed by atoms with Gasteiger partial charge in [0, 0.05) is 18.0 Å². The number of aryl methyl sites for hydroxylation is 1. The van der Waals surface area contributed by atoms with Crippen molar-refractivity contribution in [2.45, 2.75) is 58.0 Å². The number of amides is 1. The molecule has 29 heavy (non-hydrogen) atoms. The van der Waals surface area contributed by atoms with Crippen LogP contribution < -0.4 is 0 Å². The summed E-state index contributed by atoms with van der Waals surface area (Å²) in [4.78, 5) is 21.6. The lowest BCUT2D eigenvalue weighted by molar-refractivity contribution is -0.127. The van der Waals surface area contributed by atoms with Gasteiger partial charge in [0.2, 0.25) is 5.91 Å². The molecule has 0 unspecified atom stereocenters. The zero-order valence-electron chi connectivity index (χ0n) is 17.3. The largest absolute Gasteiger partial charge is 0.342 e. The molecular weight excluding hydrogens is 402 g/mol. The van der Waals surface area contributed by atoms with Crippen LogP contribution in [0, 0.1) is 11.3 Å². The second-order valence-electron chi connectivity index (χ2n) is 9.29. The van der Waals surface area contributed by atoms with Crippen molar-refractivity contribution in [1.82, 2.24) is 24.5 Å². The predicted molar refractivity (Wildman–Crippen MR) is 118 cm³/mol. The molecule has 3 aromatic rings. The van der Waals surface area contributed by atoms with Crippen molar-refractivity contribution in [3.05, 3.63) is 16.8 Å². The highest BCUT2D eigenvalue weighted by molar-refractivity contribution is 7.99. The van der Waals surface area contributed by atoms with Gasteiger partial charge in [-0.1, -0.05) is 32.5 Å². The second kappa shape index (κ2) is 7.23. The highest BCUT2D eigenvalue weighted by Gasteiger charge is 2.32. The summed E-state index contributed by atoms with van der Waals surface area (Å²) >= 11 is 3.28. The van der Waals surface area contributed by atoms with E-state index in [-0.39, 0.29) is 5.91 Å². The molecule has 1 aliphatic carbocycles. The molecule has 2 aliphatic rings. The minimum absolute atomic E-state index is 0.194. The molecule has 1 amide bonds. The van der Waals surface area contributed by atoms with Crippen LogP contribution >= 0.6 is 23.1 Å². The van der Waals surface area contributed by atoms with E-state index in [4.69, 9.17) is 4.98 Å². The number of carbonyl (C=O) groups is 1. The molecule has 0 saturated carbocycles. The number of hydrogen-bond donors (Lipinski definition) is 0. The number of nitrogens with zero attached hydrogens (tertiary/aromatic N) is 5. The van der Waals surface area contributed by atoms with E-state index in [1.54, 1.807) is 0 Å². The highest BCUT2D eigenvalue weighted by Crippen LogP contribution is 2.43. The van der Waals surface area contributed by atoms with Gasteiger partial charge in [-0.15, -0.1) is 21.5 Å². The lowest BCUT2D eigenvalue weighted by atomic mass is 9.72. The van der Waals surface area contributed by atoms with E-state index in [0.29, 0.717) is 17.1 Å². The number of carbonyl (C=O) groups excluding carboxylic acids is 1. The maximum atomic E-state index is 12.4. The Morgan fingerprint density at radius 3 is 2.83 bits per heavy atom. The van der Waals surface area contributed by atoms with Crippen LogP contribution in [0.1, 0.15) is 50.5 Å². The standard InChI is InChI=1S/C21H27N5OS2/c1-21(2,3)13-6-7-14-15(10-13)29-19-17(14)18-23-24-20(26(18)12-22-19)28-11-16(27)25-8-4-5-9-25/h12-13H,4-11H2,1-3H3/t13-/m1/s1. The van der Waals surface area contributed by atoms with Crippen LogP contribution in [0.2, 0.25) is 0 Å². The van der Waals surface area contributed by atoms with Crippen molar-refractivity contribution in [2.24, 2.45) is 11.3 Å². The van der Waals surface area contributed by atoms with E-state index in [9.17, 15) is 4.79 Å². The Bertz CT molecular complexity index is 1070. The maximum absolute atomic E-state index is 12.4. The minimum atomic E-state index is 0.194. The maximum Gasteiger partial charge on any atom is 0.233 e. The fourth-order valence-corrected chi connectivity index (χ4v) is 6.64. The average Bonchev–Trinajstić information content (AvgIpc) is 3.41. The zero-order chi connectivity index (χ0) is 20.2. The Labute approximate surface area is 179 Å². The van der Waals surface area contributed by atoms with Gasteiger partial charge in [0.15, 0.2) is 10.8 Å². The number of thiophene rings is 1. The third kappa shape index (κ3) is 3.44. The molecule has 1 fully saturated rings. The van der Waals surface area contributed by atoms with Crippen molar-refractivity contribution in [3.8, 4) is 0 Å². The summed E-state index contributed by atoms with van der Waals surface area (Å²) in [6.45, 7) is 8.81. The fraction of sp³-hybridized carbons (Fsp3) is 0.619. The molecule has 1 atom stereocenters. The third-order valence-corrected chi connectivity index (χ3v) is 8.52. The van der Waals surface area contributed by atoms with E-state index in [0.717, 1.165) is 54.4 Å². The third-order valence-electron chi connectivity index (χ3n) is 6.43. The smallest absolute Gasteiger partial charge is 0.233 e. The number of rotatable bonds is 3. The first kappa shape index (κ1) is 19.3. The molecule has 0 spiro atoms. The van der Waals surface area contributed by atoms with Crippen molar-refractivity contribution in [1.29, 1.82) is 0 Å². The van der Waals surface area contributed by atoms with Gasteiger partial charge < -0.3 is 4.90 Å². The zero-order valence-corrected chi connectivity index (χ0v) is 18.9. The molecule has 6 nitrogen and oxygen atoms in total. The summed E-state index contributed by atoms with van der Waals surface area (Å²) in [5, 5.41) is 10.8. The first-order valence-corrected chi connectivity index (χ1v) is 12.3. The summed E-state index contributed by atoms with van der Waals surface area (Å²) in [5.41, 5.74) is 2.63. The van der Waals surface area contributed by atoms with Crippen LogP contribution in [0.25, 0.3) is 15.9 Å². The molecule has 0 bridgehead atoms. The van der Waals surface area contributed by atoms with Crippen LogP contribution in [0.3, 0.4) is 0 Å². The number of hydrogen-bond acceptors (Lipinski definition) is 6. The van der Waals surface area contributed by atoms with Crippen molar-refractivity contribution in [3.63, 3.8) is 0 Å². The Hall–Kier alpha value is -1.67. The first-order chi connectivity index (χ1) is 13.9. The van der Waals surface area contributed by atoms with E-state index in [1.165, 1.54) is 34.0 Å². The molecule has 3 aromatic heterocycles. The molecule has 5 rings (SSSR count). The molecule has 8 heteroatoms. The Kier molecular flexibility index (Phi) is 4.81. The number of aromatic nitrogens is 4. The van der Waals surface area contributed by atoms with Crippen molar-refractivity contribution in [2.75, 3.05) is 18.8 Å². The van der Waals surface area contributed by atoms with Crippen LogP contribution in [-0.2, 0) is 17.6 Å². The van der Waals surface area contributed by atoms with E-state index in [1.807, 2.05) is 27.0 Å². The quantitative estimate of drug-likeness (QED) is 0.584. The lowest BCUT2D eigenvalue weighted by Crippen LogP contribution is -2.29. The SMILES string of the molecule is CC(C)(C)[C@@H]1CCc2c(sc3ncn4c(SCC(=O)N5CCCC5)nnc4c23)C1. The molecule has 154 valence electrons. The molecule has 4 heterocycles. The first-order valence-electron chi connectivity index (χ1n) is 10.5. The van der Waals surface area contributed by atoms with Crippen molar-refractivity contribution >= 4 is 44.9 Å². The van der Waals surface area contributed by atoms with Gasteiger partial charge in [-0.25, -0.2) is 4.98 Å². The van der Waals surface area contributed by atoms with Gasteiger partial charge in [0.25, 0.3) is 0 Å². The van der Waals surface area contributed by atoms with Gasteiger partial charge in [0.1, 0.15) is 11.2 Å². The van der Waals surface area contributed by atoms with Crippen LogP contribution in [0.5, 0.6) is 0 Å². The molecule has 0 radical (unpaired) electrons. The normalized spacial score (nSPS) is 20.0. The molecular formula is C21H27N5OS2. The fourth-order valence-electron chi connectivity index (χ4n) is 4.58. The van der Waals surface area contributed by atoms with E-state index >= 15 is 0 Å². The summed E-state index contributed by atoms with van der Waals surface area (Å²) < 4.78 is 1.97. The summed E-state index contributed by atoms with van der Waals surface area (Å²) in [6, 6.07) is 0. The topological polar surface area (TPSA) is 63.4 Å². The summed E-state index contributed by atoms with van der Waals surface area (Å²) in [5.74, 6) is 1.31. The molecule has 1 saturated heterocycles. The highest BCUT2D eigenvalue weighted by atomic mass is 32.2. The van der Waals surface area contributed by atoms with Crippen LogP contribution in [0.4, 0.5) is 0 Å². The average molecular weight is 430 g/mol. The van der Waals surface area contributed by atoms with Gasteiger partial charge in [0.05, 0.1) is 11.1 Å². The molecule has 0 N–H and O–H groups in total. The minimum Gasteiger partial charge on any atom is -0.342 e. The van der Waals surface area contributed by atoms with E-state index in [2.05, 4.69) is 31.0 Å². The number of likely N-dealkylation sites (tertiary alicyclic amines) is 1. The molecule has 0 aromatic carbocycles. The summed E-state index contributed by atoms with van der Waals surface area (Å²) in [6.07, 6.45) is 7.48. The monoisotopic (exact) mass is 429 g/mol. The van der Waals surface area contributed by atoms with Crippen LogP contribution in [-0.4, -0.2) is 49.2 Å². The number of fused-ring (bicyclic) bond motifs is 5. The number of thioether (sulfide) groups is 1. The Balaban J connectivity index is 1.44. The lowest BCUT2D eigenvalue weighted by Gasteiger charge is -2.33. The predicted octanol–water partition coefficient (Wildman–Crippen LogP) is 4.20. The summed E-state index contributed by atoms with van der Waals surface area (Å²) in [7, 11) is 0. The Morgan fingerprint density at radius 1 is 1.28 bits per heavy atom. The van der Waals surface area contributed by atoms with E-state index < -0.39 is 0 Å². The van der Waals surface area contributed by atoms with Crippen molar-refractivity contribution < 1.29 is 4.79 Å².